The van der Waals surface area contributed by atoms with Gasteiger partial charge in [0.25, 0.3) is 0 Å². The van der Waals surface area contributed by atoms with Crippen molar-refractivity contribution in [2.45, 2.75) is 44.6 Å². The van der Waals surface area contributed by atoms with Crippen molar-refractivity contribution in [3.63, 3.8) is 0 Å². The second kappa shape index (κ2) is 8.89. The molecule has 1 amide bonds. The van der Waals surface area contributed by atoms with Crippen LogP contribution in [-0.2, 0) is 10.4 Å². The van der Waals surface area contributed by atoms with Crippen molar-refractivity contribution in [1.29, 1.82) is 0 Å². The second-order valence-electron chi connectivity index (χ2n) is 11.0. The van der Waals surface area contributed by atoms with Gasteiger partial charge in [0.2, 0.25) is 5.91 Å². The summed E-state index contributed by atoms with van der Waals surface area (Å²) in [7, 11) is 2.07. The minimum absolute atomic E-state index is 0.0946. The van der Waals surface area contributed by atoms with Crippen molar-refractivity contribution >= 4 is 11.6 Å². The van der Waals surface area contributed by atoms with E-state index in [2.05, 4.69) is 74.1 Å². The predicted molar refractivity (Wildman–Crippen MR) is 140 cm³/mol. The number of anilines is 1. The Morgan fingerprint density at radius 3 is 2.34 bits per heavy atom. The number of aromatic nitrogens is 1. The lowest BCUT2D eigenvalue weighted by atomic mass is 9.62. The number of hydrogen-bond acceptors (Lipinski definition) is 4. The first-order chi connectivity index (χ1) is 16.7. The average molecular weight is 470 g/mol. The molecule has 2 saturated heterocycles. The third-order valence-electron chi connectivity index (χ3n) is 7.96. The molecule has 2 atom stereocenters. The molecule has 3 heterocycles. The topological polar surface area (TPSA) is 56.7 Å². The Morgan fingerprint density at radius 1 is 1.03 bits per heavy atom. The number of pyridine rings is 1. The van der Waals surface area contributed by atoms with Crippen molar-refractivity contribution in [3.05, 3.63) is 95.3 Å². The minimum Gasteiger partial charge on any atom is -0.380 e. The summed E-state index contributed by atoms with van der Waals surface area (Å²) in [6.45, 7) is 8.66. The maximum atomic E-state index is 13.0. The Morgan fingerprint density at radius 2 is 1.71 bits per heavy atom. The van der Waals surface area contributed by atoms with Gasteiger partial charge in [-0.2, -0.15) is 0 Å². The molecule has 0 spiro atoms. The molecule has 2 fully saturated rings. The van der Waals surface area contributed by atoms with Crippen LogP contribution < -0.4 is 4.90 Å². The Bertz CT molecular complexity index is 1200. The lowest BCUT2D eigenvalue weighted by Gasteiger charge is -2.56. The van der Waals surface area contributed by atoms with E-state index in [-0.39, 0.29) is 17.2 Å². The third-order valence-corrected chi connectivity index (χ3v) is 7.96. The molecule has 5 nitrogen and oxygen atoms in total. The second-order valence-corrected chi connectivity index (χ2v) is 11.0. The number of carbonyl (C=O) groups excluding carboxylic acids is 1. The molecule has 35 heavy (non-hydrogen) atoms. The number of benzene rings is 2. The van der Waals surface area contributed by atoms with E-state index in [1.54, 1.807) is 12.4 Å². The molecule has 0 radical (unpaired) electrons. The molecule has 2 aliphatic rings. The third kappa shape index (κ3) is 4.07. The van der Waals surface area contributed by atoms with Crippen LogP contribution >= 0.6 is 0 Å². The summed E-state index contributed by atoms with van der Waals surface area (Å²) in [5.41, 5.74) is 3.18. The van der Waals surface area contributed by atoms with Crippen LogP contribution in [0.4, 0.5) is 5.69 Å². The fraction of sp³-hybridized carbons (Fsp3) is 0.400. The molecule has 2 unspecified atom stereocenters. The lowest BCUT2D eigenvalue weighted by molar-refractivity contribution is -0.127. The van der Waals surface area contributed by atoms with Gasteiger partial charge in [0.05, 0.1) is 11.9 Å². The first-order valence-corrected chi connectivity index (χ1v) is 12.5. The van der Waals surface area contributed by atoms with Gasteiger partial charge >= 0.3 is 0 Å². The van der Waals surface area contributed by atoms with Crippen LogP contribution in [0.1, 0.15) is 61.3 Å². The molecular weight excluding hydrogens is 434 g/mol. The van der Waals surface area contributed by atoms with Crippen molar-refractivity contribution in [2.24, 2.45) is 5.41 Å². The van der Waals surface area contributed by atoms with Crippen LogP contribution in [0.3, 0.4) is 0 Å². The fourth-order valence-electron chi connectivity index (χ4n) is 6.03. The van der Waals surface area contributed by atoms with Crippen LogP contribution in [0.25, 0.3) is 0 Å². The van der Waals surface area contributed by atoms with E-state index in [1.165, 1.54) is 11.1 Å². The molecule has 3 aromatic rings. The Hall–Kier alpha value is -3.02. The van der Waals surface area contributed by atoms with Gasteiger partial charge in [-0.05, 0) is 35.7 Å². The molecule has 1 N–H and O–H groups in total. The van der Waals surface area contributed by atoms with Gasteiger partial charge in [0, 0.05) is 49.1 Å². The van der Waals surface area contributed by atoms with Crippen LogP contribution in [0, 0.1) is 5.41 Å². The van der Waals surface area contributed by atoms with Gasteiger partial charge in [-0.3, -0.25) is 9.78 Å². The zero-order valence-electron chi connectivity index (χ0n) is 21.1. The van der Waals surface area contributed by atoms with Crippen LogP contribution in [0.15, 0.2) is 73.1 Å². The summed E-state index contributed by atoms with van der Waals surface area (Å²) in [5.74, 6) is 0.677. The number of aliphatic hydroxyl groups is 1. The van der Waals surface area contributed by atoms with E-state index < -0.39 is 5.60 Å². The zero-order valence-corrected chi connectivity index (χ0v) is 21.1. The summed E-state index contributed by atoms with van der Waals surface area (Å²) in [6, 6.07) is 20.5. The molecule has 1 aromatic heterocycles. The normalized spacial score (nSPS) is 21.7. The SMILES string of the molecule is CC(C)c1ccc(C(O)(c2cncc(N3CC(c4ccccc4)CC3=O)c2)C2(C)CN(C)C2)cc1. The highest BCUT2D eigenvalue weighted by molar-refractivity contribution is 5.96. The maximum absolute atomic E-state index is 13.0. The standard InChI is InChI=1S/C30H35N3O2/c1-21(2)22-10-12-25(13-11-22)30(35,29(3)19-32(4)20-29)26-15-27(17-31-16-26)33-18-24(14-28(33)34)23-8-6-5-7-9-23/h5-13,15-17,21,24,35H,14,18-20H2,1-4H3. The molecule has 0 bridgehead atoms. The van der Waals surface area contributed by atoms with E-state index in [9.17, 15) is 9.90 Å². The van der Waals surface area contributed by atoms with Crippen LogP contribution in [0.5, 0.6) is 0 Å². The average Bonchev–Trinajstić information content (AvgIpc) is 3.25. The van der Waals surface area contributed by atoms with Crippen molar-refractivity contribution < 1.29 is 9.90 Å². The molecule has 5 rings (SSSR count). The van der Waals surface area contributed by atoms with Gasteiger partial charge in [-0.1, -0.05) is 75.4 Å². The summed E-state index contributed by atoms with van der Waals surface area (Å²) in [6.07, 6.45) is 3.99. The van der Waals surface area contributed by atoms with E-state index in [0.717, 1.165) is 29.9 Å². The Kier molecular flexibility index (Phi) is 6.02. The maximum Gasteiger partial charge on any atom is 0.227 e. The Labute approximate surface area is 208 Å². The molecule has 0 saturated carbocycles. The summed E-state index contributed by atoms with van der Waals surface area (Å²) < 4.78 is 0. The summed E-state index contributed by atoms with van der Waals surface area (Å²) in [4.78, 5) is 21.6. The predicted octanol–water partition coefficient (Wildman–Crippen LogP) is 4.91. The summed E-state index contributed by atoms with van der Waals surface area (Å²) in [5, 5.41) is 12.5. The van der Waals surface area contributed by atoms with E-state index >= 15 is 0 Å². The van der Waals surface area contributed by atoms with Gasteiger partial charge in [-0.25, -0.2) is 0 Å². The first kappa shape index (κ1) is 23.7. The van der Waals surface area contributed by atoms with Crippen molar-refractivity contribution in [3.8, 4) is 0 Å². The number of nitrogens with zero attached hydrogens (tertiary/aromatic N) is 3. The van der Waals surface area contributed by atoms with Gasteiger partial charge in [0.1, 0.15) is 5.60 Å². The highest BCUT2D eigenvalue weighted by Gasteiger charge is 2.55. The van der Waals surface area contributed by atoms with Crippen molar-refractivity contribution in [2.75, 3.05) is 31.6 Å². The number of amides is 1. The van der Waals surface area contributed by atoms with Gasteiger partial charge in [-0.15, -0.1) is 0 Å². The first-order valence-electron chi connectivity index (χ1n) is 12.5. The molecule has 0 aliphatic carbocycles. The smallest absolute Gasteiger partial charge is 0.227 e. The van der Waals surface area contributed by atoms with Gasteiger partial charge in [0.15, 0.2) is 0 Å². The molecule has 5 heteroatoms. The van der Waals surface area contributed by atoms with Crippen molar-refractivity contribution in [1.82, 2.24) is 9.88 Å². The number of likely N-dealkylation sites (tertiary alicyclic amines) is 1. The van der Waals surface area contributed by atoms with Crippen LogP contribution in [0.2, 0.25) is 0 Å². The van der Waals surface area contributed by atoms with Gasteiger partial charge < -0.3 is 14.9 Å². The zero-order chi connectivity index (χ0) is 24.8. The highest BCUT2D eigenvalue weighted by atomic mass is 16.3. The highest BCUT2D eigenvalue weighted by Crippen LogP contribution is 2.50. The number of hydrogen-bond donors (Lipinski definition) is 1. The lowest BCUT2D eigenvalue weighted by Crippen LogP contribution is -2.63. The van der Waals surface area contributed by atoms with E-state index in [4.69, 9.17) is 0 Å². The largest absolute Gasteiger partial charge is 0.380 e. The minimum atomic E-state index is -1.22. The number of rotatable bonds is 6. The Balaban J connectivity index is 1.52. The quantitative estimate of drug-likeness (QED) is 0.557. The van der Waals surface area contributed by atoms with Crippen LogP contribution in [-0.4, -0.2) is 47.6 Å². The fourth-order valence-corrected chi connectivity index (χ4v) is 6.03. The van der Waals surface area contributed by atoms with E-state index in [0.29, 0.717) is 18.9 Å². The molecule has 2 aromatic carbocycles. The molecular formula is C30H35N3O2. The monoisotopic (exact) mass is 469 g/mol. The number of carbonyl (C=O) groups is 1. The van der Waals surface area contributed by atoms with E-state index in [1.807, 2.05) is 29.2 Å². The molecule has 2 aliphatic heterocycles. The molecule has 182 valence electrons. The summed E-state index contributed by atoms with van der Waals surface area (Å²) >= 11 is 0.